The highest BCUT2D eigenvalue weighted by molar-refractivity contribution is 5.79. The Bertz CT molecular complexity index is 483. The van der Waals surface area contributed by atoms with Crippen LogP contribution in [-0.4, -0.2) is 15.0 Å². The van der Waals surface area contributed by atoms with E-state index in [1.807, 2.05) is 0 Å². The average Bonchev–Trinajstić information content (AvgIpc) is 2.56. The second kappa shape index (κ2) is 3.65. The molecule has 0 saturated carbocycles. The number of H-pyrrole nitrogens is 1. The number of nitrogens with zero attached hydrogens (tertiary/aromatic N) is 2. The van der Waals surface area contributed by atoms with Crippen molar-refractivity contribution in [2.45, 2.75) is 40.0 Å². The molecule has 2 aromatic heterocycles. The predicted octanol–water partition coefficient (Wildman–Crippen LogP) is 2.95. The van der Waals surface area contributed by atoms with Crippen LogP contribution in [0.15, 0.2) is 6.07 Å². The molecule has 0 unspecified atom stereocenters. The molecule has 0 radical (unpaired) electrons. The molecular formula is C12H17N3. The summed E-state index contributed by atoms with van der Waals surface area (Å²) in [5.74, 6) is 1.31. The fourth-order valence-electron chi connectivity index (χ4n) is 1.75. The van der Waals surface area contributed by atoms with Crippen molar-refractivity contribution in [2.75, 3.05) is 0 Å². The van der Waals surface area contributed by atoms with Gasteiger partial charge in [-0.25, -0.2) is 9.97 Å². The molecule has 0 aromatic carbocycles. The van der Waals surface area contributed by atoms with E-state index < -0.39 is 0 Å². The molecular weight excluding hydrogens is 186 g/mol. The summed E-state index contributed by atoms with van der Waals surface area (Å²) in [6.07, 6.45) is 0.954. The van der Waals surface area contributed by atoms with Gasteiger partial charge in [0.05, 0.1) is 5.69 Å². The maximum Gasteiger partial charge on any atom is 0.141 e. The molecule has 0 aliphatic rings. The maximum atomic E-state index is 4.60. The van der Waals surface area contributed by atoms with Gasteiger partial charge in [0, 0.05) is 17.0 Å². The lowest BCUT2D eigenvalue weighted by Crippen LogP contribution is -2.01. The van der Waals surface area contributed by atoms with Crippen molar-refractivity contribution in [3.8, 4) is 0 Å². The molecule has 2 heterocycles. The fourth-order valence-corrected chi connectivity index (χ4v) is 1.75. The molecule has 0 amide bonds. The van der Waals surface area contributed by atoms with E-state index in [4.69, 9.17) is 0 Å². The molecule has 0 saturated heterocycles. The summed E-state index contributed by atoms with van der Waals surface area (Å²) in [5, 5.41) is 1.17. The van der Waals surface area contributed by atoms with Gasteiger partial charge in [0.25, 0.3) is 0 Å². The molecule has 15 heavy (non-hydrogen) atoms. The van der Waals surface area contributed by atoms with Crippen LogP contribution in [0.25, 0.3) is 11.0 Å². The van der Waals surface area contributed by atoms with Crippen molar-refractivity contribution in [3.63, 3.8) is 0 Å². The van der Waals surface area contributed by atoms with E-state index in [1.165, 1.54) is 5.39 Å². The van der Waals surface area contributed by atoms with Crippen LogP contribution in [0.2, 0.25) is 0 Å². The summed E-state index contributed by atoms with van der Waals surface area (Å²) < 4.78 is 0. The first kappa shape index (κ1) is 10.1. The number of fused-ring (bicyclic) bond motifs is 1. The number of hydrogen-bond donors (Lipinski definition) is 1. The van der Waals surface area contributed by atoms with Gasteiger partial charge < -0.3 is 4.98 Å². The molecule has 0 spiro atoms. The smallest absolute Gasteiger partial charge is 0.141 e. The van der Waals surface area contributed by atoms with Crippen molar-refractivity contribution in [1.29, 1.82) is 0 Å². The normalized spacial score (nSPS) is 11.5. The van der Waals surface area contributed by atoms with Gasteiger partial charge in [0.2, 0.25) is 0 Å². The summed E-state index contributed by atoms with van der Waals surface area (Å²) >= 11 is 0. The van der Waals surface area contributed by atoms with Crippen molar-refractivity contribution in [3.05, 3.63) is 23.3 Å². The fraction of sp³-hybridized carbons (Fsp3) is 0.500. The third-order valence-electron chi connectivity index (χ3n) is 2.57. The molecule has 2 rings (SSSR count). The molecule has 0 aliphatic heterocycles. The minimum atomic E-state index is 0.378. The van der Waals surface area contributed by atoms with E-state index in [-0.39, 0.29) is 0 Å². The average molecular weight is 203 g/mol. The molecule has 2 aromatic rings. The Balaban J connectivity index is 2.70. The molecule has 0 bridgehead atoms. The van der Waals surface area contributed by atoms with Gasteiger partial charge in [-0.1, -0.05) is 20.8 Å². The highest BCUT2D eigenvalue weighted by atomic mass is 15.0. The third-order valence-corrected chi connectivity index (χ3v) is 2.57. The lowest BCUT2D eigenvalue weighted by Gasteiger charge is -2.06. The molecule has 3 heteroatoms. The van der Waals surface area contributed by atoms with E-state index in [0.29, 0.717) is 5.92 Å². The number of hydrogen-bond acceptors (Lipinski definition) is 2. The molecule has 1 N–H and O–H groups in total. The van der Waals surface area contributed by atoms with Gasteiger partial charge in [-0.15, -0.1) is 0 Å². The molecule has 80 valence electrons. The number of aromatic amines is 1. The van der Waals surface area contributed by atoms with Crippen LogP contribution in [0.3, 0.4) is 0 Å². The topological polar surface area (TPSA) is 41.6 Å². The van der Waals surface area contributed by atoms with Gasteiger partial charge in [-0.05, 0) is 19.4 Å². The van der Waals surface area contributed by atoms with Crippen LogP contribution in [0.1, 0.15) is 43.9 Å². The first-order valence-electron chi connectivity index (χ1n) is 5.48. The Kier molecular flexibility index (Phi) is 2.47. The van der Waals surface area contributed by atoms with Crippen molar-refractivity contribution >= 4 is 11.0 Å². The minimum absolute atomic E-state index is 0.378. The summed E-state index contributed by atoms with van der Waals surface area (Å²) in [6, 6.07) is 2.12. The van der Waals surface area contributed by atoms with Gasteiger partial charge in [0.15, 0.2) is 0 Å². The summed E-state index contributed by atoms with van der Waals surface area (Å²) in [6.45, 7) is 8.43. The van der Waals surface area contributed by atoms with E-state index in [2.05, 4.69) is 48.7 Å². The zero-order chi connectivity index (χ0) is 11.0. The van der Waals surface area contributed by atoms with Gasteiger partial charge >= 0.3 is 0 Å². The van der Waals surface area contributed by atoms with Crippen molar-refractivity contribution in [1.82, 2.24) is 15.0 Å². The summed E-state index contributed by atoms with van der Waals surface area (Å²) in [7, 11) is 0. The Labute approximate surface area is 90.0 Å². The van der Waals surface area contributed by atoms with Crippen LogP contribution < -0.4 is 0 Å². The van der Waals surface area contributed by atoms with Crippen LogP contribution in [0.4, 0.5) is 0 Å². The van der Waals surface area contributed by atoms with Crippen LogP contribution in [-0.2, 0) is 6.42 Å². The first-order valence-corrected chi connectivity index (χ1v) is 5.48. The number of rotatable bonds is 2. The molecule has 0 fully saturated rings. The second-order valence-corrected chi connectivity index (χ2v) is 4.25. The SMILES string of the molecule is CCc1nc(C(C)C)nc2[nH]c(C)cc12. The minimum Gasteiger partial charge on any atom is -0.343 e. The van der Waals surface area contributed by atoms with E-state index >= 15 is 0 Å². The van der Waals surface area contributed by atoms with Gasteiger partial charge in [-0.3, -0.25) is 0 Å². The Hall–Kier alpha value is -1.38. The van der Waals surface area contributed by atoms with E-state index in [0.717, 1.165) is 29.3 Å². The van der Waals surface area contributed by atoms with Crippen LogP contribution in [0.5, 0.6) is 0 Å². The zero-order valence-corrected chi connectivity index (χ0v) is 9.76. The van der Waals surface area contributed by atoms with E-state index in [1.54, 1.807) is 0 Å². The van der Waals surface area contributed by atoms with Crippen LogP contribution in [0, 0.1) is 6.92 Å². The number of nitrogens with one attached hydrogen (secondary N) is 1. The van der Waals surface area contributed by atoms with Gasteiger partial charge in [0.1, 0.15) is 11.5 Å². The highest BCUT2D eigenvalue weighted by Gasteiger charge is 2.10. The zero-order valence-electron chi connectivity index (χ0n) is 9.76. The summed E-state index contributed by atoms with van der Waals surface area (Å²) in [4.78, 5) is 12.4. The molecule has 3 nitrogen and oxygen atoms in total. The quantitative estimate of drug-likeness (QED) is 0.815. The Morgan fingerprint density at radius 1 is 1.33 bits per heavy atom. The third kappa shape index (κ3) is 1.74. The standard InChI is InChI=1S/C12H17N3/c1-5-10-9-6-8(4)13-12(9)15-11(14-10)7(2)3/h6-7H,5H2,1-4H3,(H,13,14,15). The predicted molar refractivity (Wildman–Crippen MR) is 62.1 cm³/mol. The number of aryl methyl sites for hydroxylation is 2. The second-order valence-electron chi connectivity index (χ2n) is 4.25. The lowest BCUT2D eigenvalue weighted by atomic mass is 10.1. The number of aromatic nitrogens is 3. The maximum absolute atomic E-state index is 4.60. The summed E-state index contributed by atoms with van der Waals surface area (Å²) in [5.41, 5.74) is 3.27. The van der Waals surface area contributed by atoms with Crippen molar-refractivity contribution < 1.29 is 0 Å². The van der Waals surface area contributed by atoms with E-state index in [9.17, 15) is 0 Å². The molecule has 0 atom stereocenters. The first-order chi connectivity index (χ1) is 7.11. The monoisotopic (exact) mass is 203 g/mol. The van der Waals surface area contributed by atoms with Crippen molar-refractivity contribution in [2.24, 2.45) is 0 Å². The van der Waals surface area contributed by atoms with Gasteiger partial charge in [-0.2, -0.15) is 0 Å². The molecule has 0 aliphatic carbocycles. The Morgan fingerprint density at radius 2 is 2.07 bits per heavy atom. The Morgan fingerprint density at radius 3 is 2.67 bits per heavy atom. The lowest BCUT2D eigenvalue weighted by molar-refractivity contribution is 0.768. The van der Waals surface area contributed by atoms with Crippen LogP contribution >= 0.6 is 0 Å². The largest absolute Gasteiger partial charge is 0.343 e. The highest BCUT2D eigenvalue weighted by Crippen LogP contribution is 2.20.